The Kier molecular flexibility index (Phi) is 9.43. The van der Waals surface area contributed by atoms with E-state index in [1.165, 1.54) is 24.3 Å². The molecule has 0 saturated heterocycles. The third-order valence-corrected chi connectivity index (χ3v) is 11.3. The van der Waals surface area contributed by atoms with Crippen molar-refractivity contribution in [3.63, 3.8) is 0 Å². The van der Waals surface area contributed by atoms with Crippen LogP contribution in [0.1, 0.15) is 22.8 Å². The van der Waals surface area contributed by atoms with E-state index in [1.807, 2.05) is 24.3 Å². The van der Waals surface area contributed by atoms with E-state index < -0.39 is 34.9 Å². The second-order valence-corrected chi connectivity index (χ2v) is 14.9. The molecule has 5 heterocycles. The molecule has 1 radical (unpaired) electrons. The van der Waals surface area contributed by atoms with Crippen LogP contribution in [0.2, 0.25) is 0 Å². The number of nitrogens with zero attached hydrogens (tertiary/aromatic N) is 4. The molecule has 2 aliphatic heterocycles. The molecule has 3 aromatic heterocycles. The summed E-state index contributed by atoms with van der Waals surface area (Å²) >= 11 is 0. The first-order valence-corrected chi connectivity index (χ1v) is 19.2. The molecule has 0 fully saturated rings. The minimum Gasteiger partial charge on any atom is -0.657 e. The number of rotatable bonds is 5. The first kappa shape index (κ1) is 39.8. The normalized spacial score (nSPS) is 12.2. The summed E-state index contributed by atoms with van der Waals surface area (Å²) in [5, 5.41) is 4.12. The first-order chi connectivity index (χ1) is 30.0. The topological polar surface area (TPSA) is 72.4 Å². The summed E-state index contributed by atoms with van der Waals surface area (Å²) < 4.78 is 102. The van der Waals surface area contributed by atoms with E-state index >= 15 is 26.3 Å². The Labute approximate surface area is 364 Å². The third kappa shape index (κ3) is 6.42. The van der Waals surface area contributed by atoms with Gasteiger partial charge in [-0.1, -0.05) is 18.2 Å². The molecule has 0 amide bonds. The number of hydrogen-bond donors (Lipinski definition) is 0. The van der Waals surface area contributed by atoms with Crippen LogP contribution in [0.15, 0.2) is 97.1 Å². The van der Waals surface area contributed by atoms with E-state index in [4.69, 9.17) is 29.4 Å². The summed E-state index contributed by atoms with van der Waals surface area (Å²) in [6.45, 7) is 0. The van der Waals surface area contributed by atoms with Crippen molar-refractivity contribution in [1.29, 1.82) is 0 Å². The zero-order chi connectivity index (χ0) is 42.6. The Morgan fingerprint density at radius 2 is 0.825 bits per heavy atom. The molecule has 9 aromatic rings. The molecule has 0 spiro atoms. The standard InChI is InChI=1S/C50H26F6N4O2.Cu/c1-61-42-11-4-33-47-32(42)3-12-43(62-2)49(47)34-22-41-46(25-17-30(55)21-31(56)18-25)39-8-7-37(58-39)44(23-13-26(51)19-27(52)14-23)35-5-6-36(57-35)45(24-15-28(53)20-29(54)16-24)38-9-10-40(59-38)48(33)50(34)60-41;/h3-22H,1-2H3;/q-2;+2. The van der Waals surface area contributed by atoms with Gasteiger partial charge in [-0.15, -0.1) is 22.1 Å². The predicted molar refractivity (Wildman–Crippen MR) is 230 cm³/mol. The molecule has 2 aliphatic rings. The van der Waals surface area contributed by atoms with Gasteiger partial charge < -0.3 is 19.4 Å². The van der Waals surface area contributed by atoms with E-state index in [-0.39, 0.29) is 78.4 Å². The van der Waals surface area contributed by atoms with Crippen LogP contribution in [-0.4, -0.2) is 24.2 Å². The van der Waals surface area contributed by atoms with Crippen molar-refractivity contribution >= 4 is 78.7 Å². The zero-order valence-electron chi connectivity index (χ0n) is 32.7. The number of halogens is 6. The van der Waals surface area contributed by atoms with Crippen LogP contribution in [0.4, 0.5) is 26.3 Å². The van der Waals surface area contributed by atoms with Gasteiger partial charge in [0.25, 0.3) is 0 Å². The monoisotopic (exact) mass is 891 g/mol. The average molecular weight is 892 g/mol. The summed E-state index contributed by atoms with van der Waals surface area (Å²) in [5.74, 6) is -3.95. The summed E-state index contributed by atoms with van der Waals surface area (Å²) in [7, 11) is 3.13. The molecular formula is C50H26CuF6N4O2. The van der Waals surface area contributed by atoms with Crippen LogP contribution in [-0.2, 0) is 17.1 Å². The molecule has 6 aromatic carbocycles. The van der Waals surface area contributed by atoms with Crippen molar-refractivity contribution in [2.45, 2.75) is 0 Å². The molecule has 63 heavy (non-hydrogen) atoms. The number of methoxy groups -OCH3 is 2. The Hall–Kier alpha value is -7.34. The maximum atomic E-state index is 15.2. The number of fused-ring (bicyclic) bond motifs is 10. The zero-order valence-corrected chi connectivity index (χ0v) is 33.7. The van der Waals surface area contributed by atoms with Gasteiger partial charge in [0.15, 0.2) is 0 Å². The second-order valence-electron chi connectivity index (χ2n) is 14.9. The number of benzene rings is 6. The van der Waals surface area contributed by atoms with Gasteiger partial charge in [-0.3, -0.25) is 0 Å². The van der Waals surface area contributed by atoms with E-state index in [2.05, 4.69) is 0 Å². The first-order valence-electron chi connectivity index (χ1n) is 19.2. The van der Waals surface area contributed by atoms with Crippen LogP contribution >= 0.6 is 0 Å². The minimum absolute atomic E-state index is 0. The average Bonchev–Trinajstić information content (AvgIpc) is 4.07. The Bertz CT molecular complexity index is 3590. The summed E-state index contributed by atoms with van der Waals surface area (Å²) in [6.07, 6.45) is 6.72. The van der Waals surface area contributed by atoms with E-state index in [0.717, 1.165) is 46.5 Å². The molecule has 0 saturated carbocycles. The van der Waals surface area contributed by atoms with Gasteiger partial charge in [0, 0.05) is 34.4 Å². The molecule has 13 heteroatoms. The van der Waals surface area contributed by atoms with Gasteiger partial charge in [0.2, 0.25) is 0 Å². The van der Waals surface area contributed by atoms with Crippen LogP contribution in [0, 0.1) is 34.9 Å². The fraction of sp³-hybridized carbons (Fsp3) is 0.0400. The molecule has 0 aliphatic carbocycles. The molecule has 0 unspecified atom stereocenters. The van der Waals surface area contributed by atoms with Gasteiger partial charge in [-0.2, -0.15) is 0 Å². The summed E-state index contributed by atoms with van der Waals surface area (Å²) in [6, 6.07) is 21.7. The molecule has 311 valence electrons. The molecular weight excluding hydrogens is 866 g/mol. The van der Waals surface area contributed by atoms with E-state index in [1.54, 1.807) is 56.7 Å². The Morgan fingerprint density at radius 1 is 0.397 bits per heavy atom. The van der Waals surface area contributed by atoms with E-state index in [9.17, 15) is 0 Å². The van der Waals surface area contributed by atoms with Gasteiger partial charge in [-0.05, 0) is 135 Å². The molecule has 8 bridgehead atoms. The van der Waals surface area contributed by atoms with Crippen LogP contribution < -0.4 is 19.4 Å². The van der Waals surface area contributed by atoms with Gasteiger partial charge in [0.1, 0.15) is 46.4 Å². The van der Waals surface area contributed by atoms with Crippen LogP contribution in [0.3, 0.4) is 0 Å². The maximum Gasteiger partial charge on any atom is 2.00 e. The predicted octanol–water partition coefficient (Wildman–Crippen LogP) is 12.7. The fourth-order valence-electron chi connectivity index (χ4n) is 8.84. The summed E-state index contributed by atoms with van der Waals surface area (Å²) in [4.78, 5) is 20.2. The number of hydrogen-bond acceptors (Lipinski definition) is 4. The van der Waals surface area contributed by atoms with E-state index in [0.29, 0.717) is 44.6 Å². The molecule has 0 N–H and O–H groups in total. The maximum absolute atomic E-state index is 15.2. The quantitative estimate of drug-likeness (QED) is 0.127. The number of aromatic nitrogens is 4. The van der Waals surface area contributed by atoms with Crippen molar-refractivity contribution in [1.82, 2.24) is 19.9 Å². The summed E-state index contributed by atoms with van der Waals surface area (Å²) in [5.41, 5.74) is 3.44. The van der Waals surface area contributed by atoms with Crippen molar-refractivity contribution < 1.29 is 52.9 Å². The van der Waals surface area contributed by atoms with Crippen molar-refractivity contribution in [3.05, 3.63) is 155 Å². The SMILES string of the molecule is COc1ccc2c3c4nc(c(-c5cc(F)cc(F)c5)c5ccc([n-]5)c(-c5cc(F)cc(F)c5)c5nc(c(-c6cc(F)cc(F)c6)c6cc(c3[n-]6)c3c(OC)ccc1c23)C=C5)C=C4.[Cu+2]. The second kappa shape index (κ2) is 14.9. The van der Waals surface area contributed by atoms with Gasteiger partial charge >= 0.3 is 17.1 Å². The third-order valence-electron chi connectivity index (χ3n) is 11.3. The van der Waals surface area contributed by atoms with Crippen molar-refractivity contribution in [3.8, 4) is 44.9 Å². The Balaban J connectivity index is 0.00000471. The fourth-order valence-corrected chi connectivity index (χ4v) is 8.84. The minimum atomic E-state index is -0.862. The van der Waals surface area contributed by atoms with Crippen LogP contribution in [0.25, 0.3) is 112 Å². The largest absolute Gasteiger partial charge is 2.00 e. The van der Waals surface area contributed by atoms with Crippen molar-refractivity contribution in [2.24, 2.45) is 0 Å². The molecule has 6 nitrogen and oxygen atoms in total. The van der Waals surface area contributed by atoms with Gasteiger partial charge in [-0.25, -0.2) is 36.3 Å². The smallest absolute Gasteiger partial charge is 0.657 e. The van der Waals surface area contributed by atoms with Gasteiger partial charge in [0.05, 0.1) is 37.0 Å². The molecule has 11 rings (SSSR count). The molecule has 0 atom stereocenters. The number of ether oxygens (including phenoxy) is 2. The van der Waals surface area contributed by atoms with Crippen LogP contribution in [0.5, 0.6) is 11.5 Å². The Morgan fingerprint density at radius 3 is 1.32 bits per heavy atom. The van der Waals surface area contributed by atoms with Crippen molar-refractivity contribution in [2.75, 3.05) is 14.2 Å².